The SMILES string of the molecule is CC[C@@H](C)NC(=O)[C@@H](C)N(Cc1cccc(Br)c1)C(=O)CCCOc1ccc(C)cc1. The molecule has 2 atom stereocenters. The Kier molecular flexibility index (Phi) is 10.0. The highest BCUT2D eigenvalue weighted by Crippen LogP contribution is 2.17. The predicted molar refractivity (Wildman–Crippen MR) is 128 cm³/mol. The summed E-state index contributed by atoms with van der Waals surface area (Å²) in [5.41, 5.74) is 2.15. The number of nitrogens with zero attached hydrogens (tertiary/aromatic N) is 1. The molecule has 0 aliphatic carbocycles. The van der Waals surface area contributed by atoms with Crippen molar-refractivity contribution in [3.8, 4) is 5.75 Å². The third kappa shape index (κ3) is 8.37. The highest BCUT2D eigenvalue weighted by molar-refractivity contribution is 9.10. The number of halogens is 1. The van der Waals surface area contributed by atoms with Gasteiger partial charge in [0.25, 0.3) is 0 Å². The van der Waals surface area contributed by atoms with Crippen LogP contribution in [0.2, 0.25) is 0 Å². The summed E-state index contributed by atoms with van der Waals surface area (Å²) in [5.74, 6) is 0.609. The molecule has 2 aromatic rings. The van der Waals surface area contributed by atoms with E-state index in [1.807, 2.05) is 69.3 Å². The van der Waals surface area contributed by atoms with Gasteiger partial charge in [0.2, 0.25) is 11.8 Å². The Morgan fingerprint density at radius 2 is 1.84 bits per heavy atom. The molecule has 0 aliphatic heterocycles. The van der Waals surface area contributed by atoms with Crippen LogP contribution in [0.15, 0.2) is 53.0 Å². The van der Waals surface area contributed by atoms with Crippen LogP contribution in [0.25, 0.3) is 0 Å². The number of nitrogens with one attached hydrogen (secondary N) is 1. The van der Waals surface area contributed by atoms with Crippen molar-refractivity contribution in [3.05, 3.63) is 64.1 Å². The van der Waals surface area contributed by atoms with E-state index in [2.05, 4.69) is 21.2 Å². The van der Waals surface area contributed by atoms with Gasteiger partial charge in [0.05, 0.1) is 6.61 Å². The van der Waals surface area contributed by atoms with Crippen LogP contribution >= 0.6 is 15.9 Å². The van der Waals surface area contributed by atoms with Gasteiger partial charge in [-0.15, -0.1) is 0 Å². The highest BCUT2D eigenvalue weighted by Gasteiger charge is 2.26. The normalized spacial score (nSPS) is 12.7. The fourth-order valence-corrected chi connectivity index (χ4v) is 3.52. The second kappa shape index (κ2) is 12.5. The van der Waals surface area contributed by atoms with E-state index in [1.165, 1.54) is 5.56 Å². The number of ether oxygens (including phenoxy) is 1. The number of hydrogen-bond acceptors (Lipinski definition) is 3. The molecule has 0 unspecified atom stereocenters. The molecule has 0 aliphatic rings. The van der Waals surface area contributed by atoms with Crippen LogP contribution in [0.4, 0.5) is 0 Å². The largest absolute Gasteiger partial charge is 0.494 e. The average molecular weight is 489 g/mol. The summed E-state index contributed by atoms with van der Waals surface area (Å²) in [7, 11) is 0. The molecule has 6 heteroatoms. The van der Waals surface area contributed by atoms with Crippen molar-refractivity contribution < 1.29 is 14.3 Å². The molecule has 0 saturated carbocycles. The lowest BCUT2D eigenvalue weighted by Crippen LogP contribution is -2.49. The van der Waals surface area contributed by atoms with Crippen LogP contribution in [-0.4, -0.2) is 35.4 Å². The highest BCUT2D eigenvalue weighted by atomic mass is 79.9. The molecule has 0 fully saturated rings. The molecule has 1 N–H and O–H groups in total. The number of carbonyl (C=O) groups excluding carboxylic acids is 2. The van der Waals surface area contributed by atoms with Crippen LogP contribution in [0, 0.1) is 6.92 Å². The van der Waals surface area contributed by atoms with Crippen molar-refractivity contribution in [1.29, 1.82) is 0 Å². The fourth-order valence-electron chi connectivity index (χ4n) is 3.07. The van der Waals surface area contributed by atoms with E-state index in [0.29, 0.717) is 26.0 Å². The van der Waals surface area contributed by atoms with Gasteiger partial charge in [-0.2, -0.15) is 0 Å². The number of benzene rings is 2. The van der Waals surface area contributed by atoms with Gasteiger partial charge in [-0.25, -0.2) is 0 Å². The van der Waals surface area contributed by atoms with Crippen LogP contribution in [0.3, 0.4) is 0 Å². The molecule has 0 radical (unpaired) electrons. The summed E-state index contributed by atoms with van der Waals surface area (Å²) >= 11 is 3.48. The fraction of sp³-hybridized carbons (Fsp3) is 0.440. The van der Waals surface area contributed by atoms with E-state index in [9.17, 15) is 9.59 Å². The molecule has 168 valence electrons. The quantitative estimate of drug-likeness (QED) is 0.439. The summed E-state index contributed by atoms with van der Waals surface area (Å²) in [6.45, 7) is 8.64. The minimum atomic E-state index is -0.557. The first-order valence-electron chi connectivity index (χ1n) is 10.8. The topological polar surface area (TPSA) is 58.6 Å². The molecule has 0 heterocycles. The molecule has 0 bridgehead atoms. The Bertz CT molecular complexity index is 854. The number of hydrogen-bond donors (Lipinski definition) is 1. The Morgan fingerprint density at radius 1 is 1.13 bits per heavy atom. The minimum absolute atomic E-state index is 0.0562. The second-order valence-corrected chi connectivity index (χ2v) is 8.83. The number of amides is 2. The molecular formula is C25H33BrN2O3. The first kappa shape index (κ1) is 24.9. The first-order valence-corrected chi connectivity index (χ1v) is 11.6. The van der Waals surface area contributed by atoms with Gasteiger partial charge in [0.1, 0.15) is 11.8 Å². The Labute approximate surface area is 194 Å². The minimum Gasteiger partial charge on any atom is -0.494 e. The lowest BCUT2D eigenvalue weighted by atomic mass is 10.1. The summed E-state index contributed by atoms with van der Waals surface area (Å²) in [6, 6.07) is 15.2. The Hall–Kier alpha value is -2.34. The second-order valence-electron chi connectivity index (χ2n) is 7.91. The number of aryl methyl sites for hydroxylation is 1. The van der Waals surface area contributed by atoms with E-state index >= 15 is 0 Å². The number of rotatable bonds is 11. The van der Waals surface area contributed by atoms with E-state index in [1.54, 1.807) is 11.8 Å². The van der Waals surface area contributed by atoms with E-state index < -0.39 is 6.04 Å². The molecule has 2 amide bonds. The summed E-state index contributed by atoms with van der Waals surface area (Å²) in [5, 5.41) is 2.99. The molecule has 5 nitrogen and oxygen atoms in total. The lowest BCUT2D eigenvalue weighted by Gasteiger charge is -2.30. The van der Waals surface area contributed by atoms with Gasteiger partial charge in [-0.1, -0.05) is 52.7 Å². The molecule has 0 aromatic heterocycles. The van der Waals surface area contributed by atoms with E-state index in [-0.39, 0.29) is 17.9 Å². The van der Waals surface area contributed by atoms with E-state index in [4.69, 9.17) is 4.74 Å². The summed E-state index contributed by atoms with van der Waals surface area (Å²) in [4.78, 5) is 27.4. The zero-order valence-corrected chi connectivity index (χ0v) is 20.4. The third-order valence-corrected chi connectivity index (χ3v) is 5.73. The van der Waals surface area contributed by atoms with Gasteiger partial charge in [0.15, 0.2) is 0 Å². The van der Waals surface area contributed by atoms with Crippen molar-refractivity contribution in [2.24, 2.45) is 0 Å². The van der Waals surface area contributed by atoms with Gasteiger partial charge in [-0.05, 0) is 63.4 Å². The smallest absolute Gasteiger partial charge is 0.242 e. The van der Waals surface area contributed by atoms with Crippen molar-refractivity contribution in [2.45, 2.75) is 65.6 Å². The van der Waals surface area contributed by atoms with Crippen molar-refractivity contribution in [1.82, 2.24) is 10.2 Å². The predicted octanol–water partition coefficient (Wildman–Crippen LogP) is 5.25. The zero-order valence-electron chi connectivity index (χ0n) is 18.9. The molecule has 31 heavy (non-hydrogen) atoms. The van der Waals surface area contributed by atoms with Crippen molar-refractivity contribution in [3.63, 3.8) is 0 Å². The van der Waals surface area contributed by atoms with E-state index in [0.717, 1.165) is 22.2 Å². The van der Waals surface area contributed by atoms with Crippen molar-refractivity contribution >= 4 is 27.7 Å². The Balaban J connectivity index is 2.00. The molecule has 2 rings (SSSR count). The van der Waals surface area contributed by atoms with Gasteiger partial charge < -0.3 is 15.0 Å². The Morgan fingerprint density at radius 3 is 2.48 bits per heavy atom. The standard InChI is InChI=1S/C25H33BrN2O3/c1-5-19(3)27-25(30)20(4)28(17-21-8-6-9-22(26)16-21)24(29)10-7-15-31-23-13-11-18(2)12-14-23/h6,8-9,11-14,16,19-20H,5,7,10,15,17H2,1-4H3,(H,27,30)/t19-,20-/m1/s1. The molecule has 2 aromatic carbocycles. The average Bonchev–Trinajstić information content (AvgIpc) is 2.75. The molecular weight excluding hydrogens is 456 g/mol. The van der Waals surface area contributed by atoms with Crippen molar-refractivity contribution in [2.75, 3.05) is 6.61 Å². The maximum atomic E-state index is 13.1. The zero-order chi connectivity index (χ0) is 22.8. The first-order chi connectivity index (χ1) is 14.8. The summed E-state index contributed by atoms with van der Waals surface area (Å²) < 4.78 is 6.69. The maximum Gasteiger partial charge on any atom is 0.242 e. The van der Waals surface area contributed by atoms with Crippen LogP contribution in [0.5, 0.6) is 5.75 Å². The lowest BCUT2D eigenvalue weighted by molar-refractivity contribution is -0.141. The van der Waals surface area contributed by atoms with Crippen LogP contribution < -0.4 is 10.1 Å². The summed E-state index contributed by atoms with van der Waals surface area (Å²) in [6.07, 6.45) is 1.75. The molecule has 0 spiro atoms. The molecule has 0 saturated heterocycles. The maximum absolute atomic E-state index is 13.1. The number of carbonyl (C=O) groups is 2. The van der Waals surface area contributed by atoms with Gasteiger partial charge in [0, 0.05) is 23.5 Å². The van der Waals surface area contributed by atoms with Crippen LogP contribution in [0.1, 0.15) is 51.2 Å². The third-order valence-electron chi connectivity index (χ3n) is 5.23. The monoisotopic (exact) mass is 488 g/mol. The van der Waals surface area contributed by atoms with Gasteiger partial charge in [-0.3, -0.25) is 9.59 Å². The van der Waals surface area contributed by atoms with Crippen LogP contribution in [-0.2, 0) is 16.1 Å². The van der Waals surface area contributed by atoms with Gasteiger partial charge >= 0.3 is 0 Å².